The van der Waals surface area contributed by atoms with Crippen LogP contribution in [0, 0.1) is 24.5 Å². The molecule has 0 unspecified atom stereocenters. The molecule has 73 heavy (non-hydrogen) atoms. The lowest BCUT2D eigenvalue weighted by Gasteiger charge is -2.31. The van der Waals surface area contributed by atoms with Gasteiger partial charge in [-0.1, -0.05) is 11.6 Å². The van der Waals surface area contributed by atoms with Crippen molar-refractivity contribution in [1.82, 2.24) is 44.3 Å². The minimum Gasteiger partial charge on any atom is -0.344 e. The minimum absolute atomic E-state index is 0.0234. The molecule has 2 aromatic carbocycles. The number of aromatic nitrogens is 7. The second-order valence-electron chi connectivity index (χ2n) is 19.5. The van der Waals surface area contributed by atoms with E-state index in [1.807, 2.05) is 0 Å². The summed E-state index contributed by atoms with van der Waals surface area (Å²) in [4.78, 5) is 41.0. The van der Waals surface area contributed by atoms with Crippen LogP contribution in [0.25, 0.3) is 27.6 Å². The number of amides is 1. The summed E-state index contributed by atoms with van der Waals surface area (Å²) in [5, 5.41) is 10.5. The third-order valence-electron chi connectivity index (χ3n) is 14.1. The van der Waals surface area contributed by atoms with Crippen LogP contribution in [0.15, 0.2) is 41.2 Å². The monoisotopic (exact) mass is 1070 g/mol. The highest BCUT2D eigenvalue weighted by atomic mass is 35.5. The minimum atomic E-state index is -4.11. The number of carbonyl (C=O) groups is 1. The van der Waals surface area contributed by atoms with Crippen LogP contribution in [0.3, 0.4) is 0 Å². The molecule has 3 fully saturated rings. The Morgan fingerprint density at radius 1 is 0.918 bits per heavy atom. The smallest absolute Gasteiger partial charge is 0.293 e. The van der Waals surface area contributed by atoms with Crippen LogP contribution >= 0.6 is 11.6 Å². The van der Waals surface area contributed by atoms with E-state index >= 15 is 13.6 Å². The number of piperidine rings is 1. The lowest BCUT2D eigenvalue weighted by molar-refractivity contribution is -0.123. The fourth-order valence-electron chi connectivity index (χ4n) is 10.9. The van der Waals surface area contributed by atoms with E-state index in [2.05, 4.69) is 20.2 Å². The summed E-state index contributed by atoms with van der Waals surface area (Å²) in [6.07, 6.45) is -7.27. The molecule has 5 atom stereocenters. The highest BCUT2D eigenvalue weighted by Gasteiger charge is 2.67. The van der Waals surface area contributed by atoms with Crippen LogP contribution in [-0.2, 0) is 40.3 Å². The Kier molecular flexibility index (Phi) is 12.9. The van der Waals surface area contributed by atoms with Crippen molar-refractivity contribution < 1.29 is 57.1 Å². The van der Waals surface area contributed by atoms with E-state index in [0.717, 1.165) is 23.0 Å². The van der Waals surface area contributed by atoms with Gasteiger partial charge in [0.25, 0.3) is 17.9 Å². The molecule has 1 saturated heterocycles. The number of hydrogen-bond donors (Lipinski definition) is 2. The molecule has 390 valence electrons. The first-order valence-corrected chi connectivity index (χ1v) is 25.6. The number of likely N-dealkylation sites (tertiary alicyclic amines) is 1. The van der Waals surface area contributed by atoms with E-state index in [0.29, 0.717) is 16.4 Å². The zero-order valence-electron chi connectivity index (χ0n) is 38.8. The van der Waals surface area contributed by atoms with Gasteiger partial charge in [-0.25, -0.2) is 53.5 Å². The Labute approximate surface area is 414 Å². The molecule has 3 aliphatic carbocycles. The number of nitrogens with one attached hydrogen (secondary N) is 2. The van der Waals surface area contributed by atoms with Crippen molar-refractivity contribution in [2.75, 3.05) is 30.6 Å². The standard InChI is InChI=1S/C47H45ClF10N10O4S/c1-21-11-31(23-5-7-46(55,56)8-6-23)60-42-35(21)45(70)68(33-4-3-30(48)37-39(33)66(63-43(37)64-73(2,71)72)10-9-65-18-26(51)16-27(52)19-65)44(61-42)32(14-22-12-24(49)15-25(50)13-22)59-34(69)20-67-40-36(38(62-67)41(53)54)28-17-29(28)47(40,57)58/h3-4,11-13,15,23,26-29,32,41H,5-10,14,16-20H2,1-2H3,(H,59,69)(H,63,64)/t26-,27+,28-,29+,32-/m0/s1. The van der Waals surface area contributed by atoms with E-state index in [1.54, 1.807) is 13.0 Å². The number of alkyl halides is 8. The number of aryl methyl sites for hydroxylation is 1. The molecule has 0 spiro atoms. The molecule has 4 aromatic heterocycles. The number of sulfonamides is 1. The molecule has 14 nitrogen and oxygen atoms in total. The van der Waals surface area contributed by atoms with Gasteiger partial charge in [-0.05, 0) is 73.6 Å². The van der Waals surface area contributed by atoms with Crippen LogP contribution in [0.4, 0.5) is 49.7 Å². The summed E-state index contributed by atoms with van der Waals surface area (Å²) in [5.41, 5.74) is -3.07. The van der Waals surface area contributed by atoms with Crippen molar-refractivity contribution in [3.8, 4) is 5.69 Å². The summed E-state index contributed by atoms with van der Waals surface area (Å²) >= 11 is 6.80. The number of anilines is 1. The maximum atomic E-state index is 15.7. The lowest BCUT2D eigenvalue weighted by atomic mass is 9.84. The molecule has 10 rings (SSSR count). The van der Waals surface area contributed by atoms with Gasteiger partial charge < -0.3 is 5.32 Å². The van der Waals surface area contributed by atoms with Crippen LogP contribution in [0.5, 0.6) is 0 Å². The Morgan fingerprint density at radius 2 is 1.60 bits per heavy atom. The number of halogens is 11. The highest BCUT2D eigenvalue weighted by Crippen LogP contribution is 2.68. The Hall–Kier alpha value is -5.82. The number of nitrogens with zero attached hydrogens (tertiary/aromatic N) is 8. The summed E-state index contributed by atoms with van der Waals surface area (Å²) in [7, 11) is -4.11. The Balaban J connectivity index is 1.18. The van der Waals surface area contributed by atoms with Crippen molar-refractivity contribution in [1.29, 1.82) is 0 Å². The van der Waals surface area contributed by atoms with E-state index < -0.39 is 131 Å². The number of pyridine rings is 1. The van der Waals surface area contributed by atoms with Gasteiger partial charge in [0, 0.05) is 74.5 Å². The number of rotatable bonds is 14. The second-order valence-corrected chi connectivity index (χ2v) is 21.7. The highest BCUT2D eigenvalue weighted by molar-refractivity contribution is 7.92. The molecule has 0 radical (unpaired) electrons. The van der Waals surface area contributed by atoms with Crippen molar-refractivity contribution in [2.45, 2.75) is 113 Å². The van der Waals surface area contributed by atoms with Gasteiger partial charge >= 0.3 is 0 Å². The SMILES string of the molecule is Cc1cc(C2CCC(F)(F)CC2)nc2nc([C@H](Cc3cc(F)cc(F)c3)NC(=O)Cn3nc(C(F)F)c4c3C(F)(F)[C@@H]3C[C@H]43)n(-c3ccc(Cl)c4c(NS(C)(=O)=O)nn(CCN5C[C@H](F)C[C@H](F)C5)c34)c(=O)c12. The second kappa shape index (κ2) is 18.5. The average molecular weight is 1070 g/mol. The molecule has 2 saturated carbocycles. The third kappa shape index (κ3) is 9.75. The molecular weight excluding hydrogens is 1030 g/mol. The van der Waals surface area contributed by atoms with E-state index in [4.69, 9.17) is 21.6 Å². The zero-order chi connectivity index (χ0) is 52.2. The van der Waals surface area contributed by atoms with Crippen molar-refractivity contribution >= 4 is 55.3 Å². The van der Waals surface area contributed by atoms with Crippen LogP contribution in [-0.4, -0.2) is 97.5 Å². The largest absolute Gasteiger partial charge is 0.344 e. The van der Waals surface area contributed by atoms with E-state index in [9.17, 15) is 48.3 Å². The maximum Gasteiger partial charge on any atom is 0.293 e. The Morgan fingerprint density at radius 3 is 2.26 bits per heavy atom. The van der Waals surface area contributed by atoms with Crippen LogP contribution in [0.1, 0.15) is 102 Å². The quantitative estimate of drug-likeness (QED) is 0.102. The van der Waals surface area contributed by atoms with Gasteiger partial charge in [0.1, 0.15) is 47.7 Å². The molecule has 6 aromatic rings. The first-order chi connectivity index (χ1) is 34.4. The molecule has 26 heteroatoms. The number of hydrogen-bond acceptors (Lipinski definition) is 9. The average Bonchev–Trinajstić information content (AvgIpc) is 3.80. The van der Waals surface area contributed by atoms with Gasteiger partial charge in [-0.15, -0.1) is 0 Å². The predicted octanol–water partition coefficient (Wildman–Crippen LogP) is 8.86. The van der Waals surface area contributed by atoms with Gasteiger partial charge in [-0.3, -0.25) is 33.1 Å². The first kappa shape index (κ1) is 50.7. The number of benzene rings is 2. The van der Waals surface area contributed by atoms with Crippen LogP contribution in [0.2, 0.25) is 5.02 Å². The summed E-state index contributed by atoms with van der Waals surface area (Å²) < 4.78 is 179. The molecular formula is C47H45ClF10N10O4S. The third-order valence-corrected chi connectivity index (χ3v) is 15.0. The Bertz CT molecular complexity index is 3350. The molecule has 2 N–H and O–H groups in total. The molecule has 0 bridgehead atoms. The first-order valence-electron chi connectivity index (χ1n) is 23.4. The normalized spacial score (nSPS) is 22.2. The van der Waals surface area contributed by atoms with Gasteiger partial charge in [0.05, 0.1) is 45.8 Å². The molecule has 1 amide bonds. The van der Waals surface area contributed by atoms with E-state index in [1.165, 1.54) is 21.7 Å². The maximum absolute atomic E-state index is 15.7. The van der Waals surface area contributed by atoms with Crippen molar-refractivity contribution in [3.63, 3.8) is 0 Å². The van der Waals surface area contributed by atoms with E-state index in [-0.39, 0.29) is 107 Å². The predicted molar refractivity (Wildman–Crippen MR) is 247 cm³/mol. The van der Waals surface area contributed by atoms with Crippen molar-refractivity contribution in [3.05, 3.63) is 103 Å². The fraction of sp³-hybridized carbons (Fsp3) is 0.489. The number of carbonyl (C=O) groups excluding carboxylic acids is 1. The van der Waals surface area contributed by atoms with Gasteiger partial charge in [0.2, 0.25) is 21.9 Å². The zero-order valence-corrected chi connectivity index (χ0v) is 40.3. The number of fused-ring (bicyclic) bond motifs is 5. The van der Waals surface area contributed by atoms with Crippen molar-refractivity contribution in [2.24, 2.45) is 5.92 Å². The topological polar surface area (TPSA) is 162 Å². The summed E-state index contributed by atoms with van der Waals surface area (Å²) in [5.74, 6) is -13.3. The lowest BCUT2D eigenvalue weighted by Crippen LogP contribution is -2.43. The van der Waals surface area contributed by atoms with Gasteiger partial charge in [0.15, 0.2) is 11.5 Å². The summed E-state index contributed by atoms with van der Waals surface area (Å²) in [6.45, 7) is -0.0981. The van der Waals surface area contributed by atoms with Crippen LogP contribution < -0.4 is 15.6 Å². The fourth-order valence-corrected chi connectivity index (χ4v) is 11.6. The molecule has 5 heterocycles. The summed E-state index contributed by atoms with van der Waals surface area (Å²) in [6, 6.07) is 4.86. The molecule has 4 aliphatic rings. The molecule has 1 aliphatic heterocycles. The van der Waals surface area contributed by atoms with Gasteiger partial charge in [-0.2, -0.15) is 19.0 Å².